The summed E-state index contributed by atoms with van der Waals surface area (Å²) in [6.45, 7) is 5.21. The van der Waals surface area contributed by atoms with Crippen molar-refractivity contribution in [1.82, 2.24) is 14.5 Å². The number of hydrogen-bond acceptors (Lipinski definition) is 5. The quantitative estimate of drug-likeness (QED) is 0.827. The highest BCUT2D eigenvalue weighted by atomic mass is 32.1. The first-order chi connectivity index (χ1) is 9.26. The van der Waals surface area contributed by atoms with E-state index in [0.29, 0.717) is 17.8 Å². The summed E-state index contributed by atoms with van der Waals surface area (Å²) >= 11 is 1.43. The smallest absolute Gasteiger partial charge is 0.271 e. The first-order valence-electron chi connectivity index (χ1n) is 6.52. The summed E-state index contributed by atoms with van der Waals surface area (Å²) in [6, 6.07) is 1.86. The minimum absolute atomic E-state index is 0.0282. The Morgan fingerprint density at radius 3 is 3.00 bits per heavy atom. The van der Waals surface area contributed by atoms with Crippen molar-refractivity contribution in [3.05, 3.63) is 28.1 Å². The Balaban J connectivity index is 2.08. The van der Waals surface area contributed by atoms with Crippen LogP contribution < -0.4 is 5.56 Å². The predicted molar refractivity (Wildman–Crippen MR) is 77.7 cm³/mol. The van der Waals surface area contributed by atoms with Crippen LogP contribution in [0.25, 0.3) is 10.2 Å². The molecular formula is C13H19N3O2S. The summed E-state index contributed by atoms with van der Waals surface area (Å²) in [5, 5.41) is 10.9. The molecule has 0 aliphatic rings. The Morgan fingerprint density at radius 2 is 2.26 bits per heavy atom. The Labute approximate surface area is 116 Å². The lowest BCUT2D eigenvalue weighted by atomic mass is 10.4. The van der Waals surface area contributed by atoms with Gasteiger partial charge in [-0.05, 0) is 24.4 Å². The van der Waals surface area contributed by atoms with Crippen LogP contribution in [0.2, 0.25) is 0 Å². The molecule has 0 radical (unpaired) electrons. The van der Waals surface area contributed by atoms with Gasteiger partial charge in [0, 0.05) is 19.6 Å². The first kappa shape index (κ1) is 14.2. The lowest BCUT2D eigenvalue weighted by Crippen LogP contribution is -2.33. The third-order valence-electron chi connectivity index (χ3n) is 3.05. The molecule has 0 saturated carbocycles. The first-order valence-corrected chi connectivity index (χ1v) is 7.40. The van der Waals surface area contributed by atoms with Gasteiger partial charge >= 0.3 is 0 Å². The fourth-order valence-electron chi connectivity index (χ4n) is 2.08. The molecule has 2 rings (SSSR count). The molecule has 0 saturated heterocycles. The van der Waals surface area contributed by atoms with Crippen LogP contribution in [0.4, 0.5) is 0 Å². The van der Waals surface area contributed by atoms with Crippen LogP contribution in [0.15, 0.2) is 22.6 Å². The molecule has 2 aromatic rings. The van der Waals surface area contributed by atoms with E-state index in [-0.39, 0.29) is 12.2 Å². The molecular weight excluding hydrogens is 262 g/mol. The van der Waals surface area contributed by atoms with E-state index in [9.17, 15) is 4.79 Å². The lowest BCUT2D eigenvalue weighted by Gasteiger charge is -2.20. The van der Waals surface area contributed by atoms with Crippen LogP contribution >= 0.6 is 11.3 Å². The molecule has 0 bridgehead atoms. The summed E-state index contributed by atoms with van der Waals surface area (Å²) in [6.07, 6.45) is 2.65. The van der Waals surface area contributed by atoms with E-state index in [1.54, 1.807) is 10.9 Å². The van der Waals surface area contributed by atoms with E-state index in [1.165, 1.54) is 11.3 Å². The lowest BCUT2D eigenvalue weighted by molar-refractivity contribution is 0.190. The molecule has 0 fully saturated rings. The Bertz CT molecular complexity index is 573. The van der Waals surface area contributed by atoms with Gasteiger partial charge in [-0.1, -0.05) is 6.92 Å². The van der Waals surface area contributed by atoms with Crippen LogP contribution in [-0.4, -0.2) is 45.8 Å². The SMILES string of the molecule is CCCN(CCO)CCn1cnc2ccsc2c1=O. The summed E-state index contributed by atoms with van der Waals surface area (Å²) in [7, 11) is 0. The largest absolute Gasteiger partial charge is 0.395 e. The molecule has 0 aromatic carbocycles. The van der Waals surface area contributed by atoms with Gasteiger partial charge in [-0.15, -0.1) is 11.3 Å². The van der Waals surface area contributed by atoms with Gasteiger partial charge in [0.25, 0.3) is 5.56 Å². The molecule has 0 spiro atoms. The third kappa shape index (κ3) is 3.40. The zero-order valence-electron chi connectivity index (χ0n) is 11.1. The van der Waals surface area contributed by atoms with E-state index in [4.69, 9.17) is 5.11 Å². The molecule has 6 heteroatoms. The molecule has 104 valence electrons. The normalized spacial score (nSPS) is 11.5. The Kier molecular flexibility index (Phi) is 5.07. The minimum Gasteiger partial charge on any atom is -0.395 e. The average molecular weight is 281 g/mol. The number of fused-ring (bicyclic) bond motifs is 1. The number of nitrogens with zero attached hydrogens (tertiary/aromatic N) is 3. The second-order valence-corrected chi connectivity index (χ2v) is 5.36. The Morgan fingerprint density at radius 1 is 1.42 bits per heavy atom. The maximum absolute atomic E-state index is 12.2. The fourth-order valence-corrected chi connectivity index (χ4v) is 2.87. The van der Waals surface area contributed by atoms with E-state index >= 15 is 0 Å². The van der Waals surface area contributed by atoms with Gasteiger partial charge in [-0.3, -0.25) is 14.3 Å². The highest BCUT2D eigenvalue weighted by molar-refractivity contribution is 7.17. The van der Waals surface area contributed by atoms with E-state index in [2.05, 4.69) is 16.8 Å². The highest BCUT2D eigenvalue weighted by Gasteiger charge is 2.07. The molecule has 0 unspecified atom stereocenters. The minimum atomic E-state index is 0.0282. The number of hydrogen-bond donors (Lipinski definition) is 1. The highest BCUT2D eigenvalue weighted by Crippen LogP contribution is 2.12. The van der Waals surface area contributed by atoms with E-state index < -0.39 is 0 Å². The van der Waals surface area contributed by atoms with Gasteiger partial charge in [-0.25, -0.2) is 4.98 Å². The molecule has 0 atom stereocenters. The number of aliphatic hydroxyl groups is 1. The third-order valence-corrected chi connectivity index (χ3v) is 3.94. The molecule has 0 amide bonds. The van der Waals surface area contributed by atoms with Crippen molar-refractivity contribution in [2.45, 2.75) is 19.9 Å². The molecule has 0 aliphatic carbocycles. The summed E-state index contributed by atoms with van der Waals surface area (Å²) in [4.78, 5) is 18.6. The van der Waals surface area contributed by atoms with E-state index in [1.807, 2.05) is 11.4 Å². The topological polar surface area (TPSA) is 58.4 Å². The molecule has 19 heavy (non-hydrogen) atoms. The van der Waals surface area contributed by atoms with Gasteiger partial charge in [0.1, 0.15) is 4.70 Å². The maximum atomic E-state index is 12.2. The molecule has 0 aliphatic heterocycles. The number of aromatic nitrogens is 2. The second kappa shape index (κ2) is 6.79. The van der Waals surface area contributed by atoms with Crippen molar-refractivity contribution in [3.8, 4) is 0 Å². The number of rotatable bonds is 7. The van der Waals surface area contributed by atoms with Crippen molar-refractivity contribution in [1.29, 1.82) is 0 Å². The van der Waals surface area contributed by atoms with Crippen LogP contribution in [0.1, 0.15) is 13.3 Å². The van der Waals surface area contributed by atoms with Crippen molar-refractivity contribution in [2.75, 3.05) is 26.2 Å². The van der Waals surface area contributed by atoms with Gasteiger partial charge in [-0.2, -0.15) is 0 Å². The van der Waals surface area contributed by atoms with Gasteiger partial charge in [0.2, 0.25) is 0 Å². The maximum Gasteiger partial charge on any atom is 0.271 e. The van der Waals surface area contributed by atoms with Crippen LogP contribution in [-0.2, 0) is 6.54 Å². The molecule has 2 heterocycles. The van der Waals surface area contributed by atoms with Gasteiger partial charge in [0.15, 0.2) is 0 Å². The van der Waals surface area contributed by atoms with E-state index in [0.717, 1.165) is 25.0 Å². The van der Waals surface area contributed by atoms with Crippen molar-refractivity contribution < 1.29 is 5.11 Å². The second-order valence-electron chi connectivity index (χ2n) is 4.44. The van der Waals surface area contributed by atoms with Crippen molar-refractivity contribution in [2.24, 2.45) is 0 Å². The summed E-state index contributed by atoms with van der Waals surface area (Å²) in [5.74, 6) is 0. The van der Waals surface area contributed by atoms with Crippen LogP contribution in [0.5, 0.6) is 0 Å². The Hall–Kier alpha value is -1.24. The fraction of sp³-hybridized carbons (Fsp3) is 0.538. The summed E-state index contributed by atoms with van der Waals surface area (Å²) < 4.78 is 2.37. The van der Waals surface area contributed by atoms with Crippen molar-refractivity contribution in [3.63, 3.8) is 0 Å². The van der Waals surface area contributed by atoms with Crippen molar-refractivity contribution >= 4 is 21.6 Å². The van der Waals surface area contributed by atoms with Crippen LogP contribution in [0.3, 0.4) is 0 Å². The molecule has 1 N–H and O–H groups in total. The van der Waals surface area contributed by atoms with Crippen LogP contribution in [0, 0.1) is 0 Å². The molecule has 2 aromatic heterocycles. The van der Waals surface area contributed by atoms with Gasteiger partial charge in [0.05, 0.1) is 18.5 Å². The summed E-state index contributed by atoms with van der Waals surface area (Å²) in [5.41, 5.74) is 0.799. The zero-order valence-corrected chi connectivity index (χ0v) is 11.9. The molecule has 5 nitrogen and oxygen atoms in total. The monoisotopic (exact) mass is 281 g/mol. The predicted octanol–water partition coefficient (Wildman–Crippen LogP) is 1.16. The van der Waals surface area contributed by atoms with Gasteiger partial charge < -0.3 is 5.11 Å². The standard InChI is InChI=1S/C13H19N3O2S/c1-2-4-15(7-8-17)5-6-16-10-14-11-3-9-19-12(11)13(16)18/h3,9-10,17H,2,4-8H2,1H3. The average Bonchev–Trinajstić information content (AvgIpc) is 2.87. The number of thiophene rings is 1. The zero-order chi connectivity index (χ0) is 13.7. The number of aliphatic hydroxyl groups excluding tert-OH is 1.